The van der Waals surface area contributed by atoms with Crippen LogP contribution in [-0.2, 0) is 0 Å². The molecule has 0 unspecified atom stereocenters. The molecule has 0 saturated heterocycles. The van der Waals surface area contributed by atoms with Gasteiger partial charge in [0.15, 0.2) is 0 Å². The number of nitrogens with zero attached hydrogens (tertiary/aromatic N) is 2. The summed E-state index contributed by atoms with van der Waals surface area (Å²) in [6.07, 6.45) is 0. The van der Waals surface area contributed by atoms with Crippen LogP contribution in [0.1, 0.15) is 27.3 Å². The van der Waals surface area contributed by atoms with Crippen molar-refractivity contribution in [2.24, 2.45) is 0 Å². The second kappa shape index (κ2) is 5.12. The van der Waals surface area contributed by atoms with Crippen molar-refractivity contribution < 1.29 is 9.72 Å². The smallest absolute Gasteiger partial charge is 0.282 e. The Morgan fingerprint density at radius 3 is 2.60 bits per heavy atom. The van der Waals surface area contributed by atoms with Crippen molar-refractivity contribution in [3.8, 4) is 0 Å². The zero-order chi connectivity index (χ0) is 14.9. The second-order valence-corrected chi connectivity index (χ2v) is 4.49. The first kappa shape index (κ1) is 13.7. The third-order valence-electron chi connectivity index (χ3n) is 3.04. The van der Waals surface area contributed by atoms with Crippen LogP contribution in [-0.4, -0.2) is 21.0 Å². The van der Waals surface area contributed by atoms with Gasteiger partial charge in [-0.25, -0.2) is 0 Å². The Hall–Kier alpha value is -2.70. The molecule has 2 aromatic rings. The van der Waals surface area contributed by atoms with E-state index in [9.17, 15) is 14.9 Å². The average Bonchev–Trinajstić information content (AvgIpc) is 2.70. The lowest BCUT2D eigenvalue weighted by Gasteiger charge is -2.08. The highest BCUT2D eigenvalue weighted by Crippen LogP contribution is 2.24. The number of carbonyl (C=O) groups excluding carboxylic acids is 1. The normalized spacial score (nSPS) is 10.3. The molecule has 0 radical (unpaired) electrons. The van der Waals surface area contributed by atoms with Crippen LogP contribution in [0.4, 0.5) is 11.4 Å². The van der Waals surface area contributed by atoms with Gasteiger partial charge in [0.05, 0.1) is 22.0 Å². The van der Waals surface area contributed by atoms with E-state index in [-0.39, 0.29) is 11.3 Å². The number of aromatic amines is 1. The van der Waals surface area contributed by atoms with Gasteiger partial charge in [-0.2, -0.15) is 5.10 Å². The molecule has 1 amide bonds. The highest BCUT2D eigenvalue weighted by atomic mass is 16.6. The van der Waals surface area contributed by atoms with Crippen LogP contribution in [0.25, 0.3) is 0 Å². The van der Waals surface area contributed by atoms with Crippen LogP contribution in [0.3, 0.4) is 0 Å². The van der Waals surface area contributed by atoms with Crippen molar-refractivity contribution in [3.63, 3.8) is 0 Å². The Bertz CT molecular complexity index is 671. The van der Waals surface area contributed by atoms with Crippen LogP contribution in [0, 0.1) is 30.9 Å². The number of aromatic nitrogens is 2. The summed E-state index contributed by atoms with van der Waals surface area (Å²) < 4.78 is 0. The van der Waals surface area contributed by atoms with Gasteiger partial charge in [0.2, 0.25) is 0 Å². The summed E-state index contributed by atoms with van der Waals surface area (Å²) in [5.41, 5.74) is 2.29. The number of benzene rings is 1. The van der Waals surface area contributed by atoms with E-state index in [1.165, 1.54) is 6.07 Å². The maximum atomic E-state index is 12.3. The molecular weight excluding hydrogens is 260 g/mol. The first-order chi connectivity index (χ1) is 9.41. The molecule has 1 aromatic heterocycles. The lowest BCUT2D eigenvalue weighted by molar-refractivity contribution is -0.385. The topological polar surface area (TPSA) is 101 Å². The van der Waals surface area contributed by atoms with Gasteiger partial charge in [0, 0.05) is 6.07 Å². The molecule has 104 valence electrons. The largest absolute Gasteiger partial charge is 0.319 e. The number of rotatable bonds is 3. The molecule has 0 atom stereocenters. The highest BCUT2D eigenvalue weighted by molar-refractivity contribution is 6.08. The number of aryl methyl sites for hydroxylation is 3. The predicted octanol–water partition coefficient (Wildman–Crippen LogP) is 2.50. The summed E-state index contributed by atoms with van der Waals surface area (Å²) in [5, 5.41) is 20.4. The van der Waals surface area contributed by atoms with Crippen LogP contribution < -0.4 is 5.32 Å². The van der Waals surface area contributed by atoms with E-state index in [2.05, 4.69) is 15.5 Å². The molecule has 2 rings (SSSR count). The summed E-state index contributed by atoms with van der Waals surface area (Å²) in [7, 11) is 0. The molecule has 0 saturated carbocycles. The molecule has 0 aliphatic carbocycles. The summed E-state index contributed by atoms with van der Waals surface area (Å²) in [6.45, 7) is 5.17. The molecular formula is C13H14N4O3. The van der Waals surface area contributed by atoms with Crippen molar-refractivity contribution >= 4 is 17.3 Å². The summed E-state index contributed by atoms with van der Waals surface area (Å²) in [5.74, 6) is -0.512. The van der Waals surface area contributed by atoms with Gasteiger partial charge in [0.25, 0.3) is 11.6 Å². The minimum atomic E-state index is -0.559. The third-order valence-corrected chi connectivity index (χ3v) is 3.04. The number of amides is 1. The molecule has 2 N–H and O–H groups in total. The molecule has 0 aliphatic heterocycles. The predicted molar refractivity (Wildman–Crippen MR) is 73.8 cm³/mol. The van der Waals surface area contributed by atoms with Crippen molar-refractivity contribution in [1.82, 2.24) is 10.2 Å². The van der Waals surface area contributed by atoms with Gasteiger partial charge in [-0.3, -0.25) is 20.0 Å². The average molecular weight is 274 g/mol. The zero-order valence-corrected chi connectivity index (χ0v) is 11.4. The number of nitro groups is 1. The first-order valence-electron chi connectivity index (χ1n) is 5.98. The molecule has 1 heterocycles. The lowest BCUT2D eigenvalue weighted by Crippen LogP contribution is -2.16. The number of nitrogens with one attached hydrogen (secondary N) is 2. The van der Waals surface area contributed by atoms with E-state index in [1.54, 1.807) is 32.9 Å². The van der Waals surface area contributed by atoms with Crippen molar-refractivity contribution in [3.05, 3.63) is 50.8 Å². The van der Waals surface area contributed by atoms with Gasteiger partial charge < -0.3 is 5.32 Å². The minimum absolute atomic E-state index is 0.0671. The van der Waals surface area contributed by atoms with E-state index in [1.807, 2.05) is 0 Å². The highest BCUT2D eigenvalue weighted by Gasteiger charge is 2.23. The van der Waals surface area contributed by atoms with Crippen LogP contribution in [0.15, 0.2) is 18.2 Å². The van der Waals surface area contributed by atoms with Gasteiger partial charge in [-0.1, -0.05) is 12.1 Å². The van der Waals surface area contributed by atoms with Gasteiger partial charge in [-0.05, 0) is 26.3 Å². The van der Waals surface area contributed by atoms with E-state index < -0.39 is 10.8 Å². The quantitative estimate of drug-likeness (QED) is 0.663. The molecule has 20 heavy (non-hydrogen) atoms. The van der Waals surface area contributed by atoms with Crippen LogP contribution >= 0.6 is 0 Å². The maximum absolute atomic E-state index is 12.3. The van der Waals surface area contributed by atoms with Crippen LogP contribution in [0.5, 0.6) is 0 Å². The Labute approximate surface area is 115 Å². The van der Waals surface area contributed by atoms with Gasteiger partial charge >= 0.3 is 0 Å². The zero-order valence-electron chi connectivity index (χ0n) is 11.4. The van der Waals surface area contributed by atoms with Crippen molar-refractivity contribution in [2.45, 2.75) is 20.8 Å². The Balaban J connectivity index is 2.42. The summed E-state index contributed by atoms with van der Waals surface area (Å²) in [4.78, 5) is 22.8. The Morgan fingerprint density at radius 1 is 1.35 bits per heavy atom. The van der Waals surface area contributed by atoms with Gasteiger partial charge in [-0.15, -0.1) is 0 Å². The minimum Gasteiger partial charge on any atom is -0.319 e. The summed E-state index contributed by atoms with van der Waals surface area (Å²) >= 11 is 0. The van der Waals surface area contributed by atoms with Crippen LogP contribution in [0.2, 0.25) is 0 Å². The number of hydrogen-bond acceptors (Lipinski definition) is 4. The molecule has 0 fully saturated rings. The Kier molecular flexibility index (Phi) is 3.51. The Morgan fingerprint density at radius 2 is 2.05 bits per heavy atom. The SMILES string of the molecule is Cc1cccc([N+](=O)[O-])c1C(=O)Nc1c(C)n[nH]c1C. The number of carbonyl (C=O) groups is 1. The number of nitro benzene ring substituents is 1. The standard InChI is InChI=1S/C13H14N4O3/c1-7-5-4-6-10(17(19)20)11(7)13(18)14-12-8(2)15-16-9(12)3/h4-6H,1-3H3,(H,14,18)(H,15,16). The lowest BCUT2D eigenvalue weighted by atomic mass is 10.1. The van der Waals surface area contributed by atoms with E-state index >= 15 is 0 Å². The van der Waals surface area contributed by atoms with Gasteiger partial charge in [0.1, 0.15) is 5.56 Å². The second-order valence-electron chi connectivity index (χ2n) is 4.49. The molecule has 0 aliphatic rings. The molecule has 0 spiro atoms. The number of H-pyrrole nitrogens is 1. The molecule has 0 bridgehead atoms. The molecule has 1 aromatic carbocycles. The van der Waals surface area contributed by atoms with E-state index in [0.717, 1.165) is 0 Å². The summed E-state index contributed by atoms with van der Waals surface area (Å²) in [6, 6.07) is 4.53. The fraction of sp³-hybridized carbons (Fsp3) is 0.231. The fourth-order valence-corrected chi connectivity index (χ4v) is 2.01. The fourth-order valence-electron chi connectivity index (χ4n) is 2.01. The van der Waals surface area contributed by atoms with Crippen molar-refractivity contribution in [2.75, 3.05) is 5.32 Å². The van der Waals surface area contributed by atoms with E-state index in [0.29, 0.717) is 22.6 Å². The molecule has 7 nitrogen and oxygen atoms in total. The first-order valence-corrected chi connectivity index (χ1v) is 5.98. The number of anilines is 1. The van der Waals surface area contributed by atoms with Crippen molar-refractivity contribution in [1.29, 1.82) is 0 Å². The number of hydrogen-bond donors (Lipinski definition) is 2. The van der Waals surface area contributed by atoms with E-state index in [4.69, 9.17) is 0 Å². The maximum Gasteiger partial charge on any atom is 0.282 e. The monoisotopic (exact) mass is 274 g/mol. The molecule has 7 heteroatoms. The third kappa shape index (κ3) is 2.37.